The first-order valence-electron chi connectivity index (χ1n) is 13.5. The molecule has 2 heteroatoms. The molecule has 0 aromatic carbocycles. The van der Waals surface area contributed by atoms with Gasteiger partial charge in [0.1, 0.15) is 0 Å². The van der Waals surface area contributed by atoms with Crippen molar-refractivity contribution < 1.29 is 9.90 Å². The molecule has 5 rings (SSSR count). The number of aliphatic hydroxyl groups is 1. The van der Waals surface area contributed by atoms with Crippen molar-refractivity contribution in [1.82, 2.24) is 0 Å². The average molecular weight is 441 g/mol. The van der Waals surface area contributed by atoms with E-state index in [1.165, 1.54) is 37.7 Å². The Kier molecular flexibility index (Phi) is 4.71. The third-order valence-electron chi connectivity index (χ3n) is 12.8. The molecule has 0 bridgehead atoms. The van der Waals surface area contributed by atoms with Gasteiger partial charge >= 0.3 is 0 Å². The predicted molar refractivity (Wildman–Crippen MR) is 131 cm³/mol. The van der Waals surface area contributed by atoms with Gasteiger partial charge < -0.3 is 5.11 Å². The molecule has 0 aromatic rings. The minimum atomic E-state index is -0.245. The van der Waals surface area contributed by atoms with E-state index in [1.807, 2.05) is 0 Å². The van der Waals surface area contributed by atoms with Gasteiger partial charge in [0, 0.05) is 5.92 Å². The fourth-order valence-electron chi connectivity index (χ4n) is 10.3. The first-order chi connectivity index (χ1) is 14.6. The van der Waals surface area contributed by atoms with E-state index in [1.54, 1.807) is 0 Å². The zero-order valence-corrected chi connectivity index (χ0v) is 22.1. The van der Waals surface area contributed by atoms with Gasteiger partial charge in [0.2, 0.25) is 0 Å². The zero-order chi connectivity index (χ0) is 23.5. The maximum absolute atomic E-state index is 14.2. The quantitative estimate of drug-likeness (QED) is 0.427. The fraction of sp³-hybridized carbons (Fsp3) is 0.900. The van der Waals surface area contributed by atoms with Gasteiger partial charge in [-0.3, -0.25) is 4.79 Å². The van der Waals surface area contributed by atoms with Gasteiger partial charge in [-0.25, -0.2) is 0 Å². The highest BCUT2D eigenvalue weighted by Gasteiger charge is 2.69. The van der Waals surface area contributed by atoms with E-state index < -0.39 is 0 Å². The Labute approximate surface area is 197 Å². The van der Waals surface area contributed by atoms with Crippen LogP contribution in [0.4, 0.5) is 0 Å². The maximum Gasteiger partial charge on any atom is 0.159 e. The largest absolute Gasteiger partial charge is 0.393 e. The molecule has 0 unspecified atom stereocenters. The number of ketones is 1. The molecular formula is C30H48O2. The van der Waals surface area contributed by atoms with E-state index in [0.29, 0.717) is 28.4 Å². The fourth-order valence-corrected chi connectivity index (χ4v) is 10.3. The second-order valence-corrected chi connectivity index (χ2v) is 15.2. The molecule has 4 saturated carbocycles. The molecule has 2 nitrogen and oxygen atoms in total. The summed E-state index contributed by atoms with van der Waals surface area (Å²) in [4.78, 5) is 14.2. The highest BCUT2D eigenvalue weighted by molar-refractivity contribution is 5.95. The van der Waals surface area contributed by atoms with Crippen LogP contribution in [0.3, 0.4) is 0 Å². The number of carbonyl (C=O) groups excluding carboxylic acids is 1. The minimum Gasteiger partial charge on any atom is -0.393 e. The normalized spacial score (nSPS) is 53.9. The summed E-state index contributed by atoms with van der Waals surface area (Å²) in [6.07, 6.45) is 12.4. The molecule has 0 heterocycles. The lowest BCUT2D eigenvalue weighted by molar-refractivity contribution is -0.202. The van der Waals surface area contributed by atoms with Gasteiger partial charge in [-0.05, 0) is 108 Å². The summed E-state index contributed by atoms with van der Waals surface area (Å²) >= 11 is 0. The lowest BCUT2D eigenvalue weighted by Gasteiger charge is -2.70. The van der Waals surface area contributed by atoms with Crippen LogP contribution in [0.5, 0.6) is 0 Å². The monoisotopic (exact) mass is 440 g/mol. The molecule has 1 N–H and O–H groups in total. The lowest BCUT2D eigenvalue weighted by atomic mass is 9.33. The highest BCUT2D eigenvalue weighted by Crippen LogP contribution is 2.75. The van der Waals surface area contributed by atoms with Crippen LogP contribution in [0, 0.1) is 50.2 Å². The summed E-state index contributed by atoms with van der Waals surface area (Å²) in [6.45, 7) is 19.4. The Hall–Kier alpha value is -0.630. The topological polar surface area (TPSA) is 37.3 Å². The summed E-state index contributed by atoms with van der Waals surface area (Å²) < 4.78 is 0. The van der Waals surface area contributed by atoms with Gasteiger partial charge in [0.25, 0.3) is 0 Å². The van der Waals surface area contributed by atoms with Crippen LogP contribution in [-0.4, -0.2) is 17.0 Å². The number of fused-ring (bicyclic) bond motifs is 7. The molecule has 4 fully saturated rings. The standard InChI is InChI=1S/C30H48O2/c1-25(2)13-14-27(5)15-16-29(7)19(20(27)18-25)17-21(31)24-28(6)11-10-23(32)26(3,4)22(28)9-12-30(24,29)8/h17,20,22-24,32H,9-16,18H2,1-8H3/t20-,22+,23+,24-,27-,28+,29-,30+/m1/s1. The van der Waals surface area contributed by atoms with E-state index in [2.05, 4.69) is 61.5 Å². The van der Waals surface area contributed by atoms with E-state index >= 15 is 0 Å². The van der Waals surface area contributed by atoms with Crippen molar-refractivity contribution >= 4 is 5.78 Å². The Morgan fingerprint density at radius 2 is 1.50 bits per heavy atom. The van der Waals surface area contributed by atoms with Crippen LogP contribution in [0.15, 0.2) is 11.6 Å². The van der Waals surface area contributed by atoms with Crippen molar-refractivity contribution in [1.29, 1.82) is 0 Å². The molecule has 0 aromatic heterocycles. The first-order valence-corrected chi connectivity index (χ1v) is 13.5. The van der Waals surface area contributed by atoms with Gasteiger partial charge in [-0.2, -0.15) is 0 Å². The third kappa shape index (κ3) is 2.71. The van der Waals surface area contributed by atoms with Gasteiger partial charge in [-0.1, -0.05) is 61.0 Å². The van der Waals surface area contributed by atoms with E-state index in [-0.39, 0.29) is 33.7 Å². The molecule has 0 spiro atoms. The number of allylic oxidation sites excluding steroid dienone is 2. The Bertz CT molecular complexity index is 866. The molecule has 5 aliphatic rings. The van der Waals surface area contributed by atoms with Crippen LogP contribution in [0.2, 0.25) is 0 Å². The number of rotatable bonds is 0. The summed E-state index contributed by atoms with van der Waals surface area (Å²) in [5.74, 6) is 1.49. The highest BCUT2D eigenvalue weighted by atomic mass is 16.3. The molecule has 32 heavy (non-hydrogen) atoms. The third-order valence-corrected chi connectivity index (χ3v) is 12.8. The summed E-state index contributed by atoms with van der Waals surface area (Å²) in [7, 11) is 0. The van der Waals surface area contributed by atoms with Gasteiger partial charge in [-0.15, -0.1) is 0 Å². The molecule has 180 valence electrons. The maximum atomic E-state index is 14.2. The van der Waals surface area contributed by atoms with Crippen molar-refractivity contribution in [3.05, 3.63) is 11.6 Å². The van der Waals surface area contributed by atoms with E-state index in [9.17, 15) is 9.90 Å². The van der Waals surface area contributed by atoms with E-state index in [4.69, 9.17) is 0 Å². The molecule has 0 amide bonds. The van der Waals surface area contributed by atoms with Gasteiger partial charge in [0.05, 0.1) is 6.10 Å². The van der Waals surface area contributed by atoms with Crippen LogP contribution in [0.25, 0.3) is 0 Å². The molecule has 8 atom stereocenters. The van der Waals surface area contributed by atoms with Crippen molar-refractivity contribution in [2.75, 3.05) is 0 Å². The summed E-state index contributed by atoms with van der Waals surface area (Å²) in [6, 6.07) is 0. The Balaban J connectivity index is 1.63. The zero-order valence-electron chi connectivity index (χ0n) is 22.1. The van der Waals surface area contributed by atoms with Crippen LogP contribution in [-0.2, 0) is 4.79 Å². The molecule has 0 radical (unpaired) electrons. The lowest BCUT2D eigenvalue weighted by Crippen LogP contribution is -2.66. The first kappa shape index (κ1) is 23.1. The van der Waals surface area contributed by atoms with Crippen LogP contribution in [0.1, 0.15) is 113 Å². The van der Waals surface area contributed by atoms with Crippen LogP contribution >= 0.6 is 0 Å². The molecular weight excluding hydrogens is 392 g/mol. The molecule has 5 aliphatic carbocycles. The number of aliphatic hydroxyl groups excluding tert-OH is 1. The average Bonchev–Trinajstić information content (AvgIpc) is 2.68. The molecule has 0 aliphatic heterocycles. The van der Waals surface area contributed by atoms with Crippen molar-refractivity contribution in [3.63, 3.8) is 0 Å². The van der Waals surface area contributed by atoms with Gasteiger partial charge in [0.15, 0.2) is 5.78 Å². The molecule has 0 saturated heterocycles. The van der Waals surface area contributed by atoms with Crippen molar-refractivity contribution in [3.8, 4) is 0 Å². The second kappa shape index (κ2) is 6.52. The number of hydrogen-bond acceptors (Lipinski definition) is 2. The SMILES string of the molecule is CC1(C)CC[C@]2(C)CC[C@]3(C)C(=CC(=O)[C@@H]4[C@@]5(C)CC[C@H](O)C(C)(C)[C@@H]5CC[C@@]43C)[C@H]2C1. The minimum absolute atomic E-state index is 0.00948. The smallest absolute Gasteiger partial charge is 0.159 e. The van der Waals surface area contributed by atoms with Crippen LogP contribution < -0.4 is 0 Å². The Morgan fingerprint density at radius 1 is 0.844 bits per heavy atom. The van der Waals surface area contributed by atoms with Crippen molar-refractivity contribution in [2.24, 2.45) is 50.2 Å². The van der Waals surface area contributed by atoms with E-state index in [0.717, 1.165) is 25.7 Å². The predicted octanol–water partition coefficient (Wildman–Crippen LogP) is 7.35. The summed E-state index contributed by atoms with van der Waals surface area (Å²) in [5.41, 5.74) is 2.29. The second-order valence-electron chi connectivity index (χ2n) is 15.2. The number of hydrogen-bond donors (Lipinski definition) is 1. The summed E-state index contributed by atoms with van der Waals surface area (Å²) in [5, 5.41) is 10.9. The number of carbonyl (C=O) groups is 1. The Morgan fingerprint density at radius 3 is 2.19 bits per heavy atom. The van der Waals surface area contributed by atoms with Crippen molar-refractivity contribution in [2.45, 2.75) is 119 Å².